The van der Waals surface area contributed by atoms with Crippen molar-refractivity contribution in [2.45, 2.75) is 12.1 Å². The van der Waals surface area contributed by atoms with E-state index in [0.29, 0.717) is 12.1 Å². The standard InChI is InChI=1S/C9H22O5Si2/c1-6-15(11-2,12-3)7-8-16(9-10,13-4)14-5/h6,10H,1,7-9H2,2-5H3. The predicted molar refractivity (Wildman–Crippen MR) is 66.4 cm³/mol. The summed E-state index contributed by atoms with van der Waals surface area (Å²) in [6, 6.07) is 1.29. The Kier molecular flexibility index (Phi) is 7.32. The smallest absolute Gasteiger partial charge is 0.363 e. The summed E-state index contributed by atoms with van der Waals surface area (Å²) in [5, 5.41) is 9.31. The lowest BCUT2D eigenvalue weighted by Crippen LogP contribution is -2.48. The zero-order valence-electron chi connectivity index (χ0n) is 10.5. The van der Waals surface area contributed by atoms with Crippen molar-refractivity contribution in [3.8, 4) is 0 Å². The molecule has 0 saturated heterocycles. The molecule has 0 rings (SSSR count). The predicted octanol–water partition coefficient (Wildman–Crippen LogP) is 0.713. The van der Waals surface area contributed by atoms with Crippen LogP contribution in [0, 0.1) is 0 Å². The first-order valence-electron chi connectivity index (χ1n) is 5.02. The SMILES string of the molecule is C=C[Si](CC[Si](CO)(OC)OC)(OC)OC. The van der Waals surface area contributed by atoms with E-state index in [1.54, 1.807) is 34.1 Å². The second-order valence-electron chi connectivity index (χ2n) is 3.40. The van der Waals surface area contributed by atoms with E-state index < -0.39 is 17.1 Å². The van der Waals surface area contributed by atoms with Gasteiger partial charge < -0.3 is 22.8 Å². The van der Waals surface area contributed by atoms with Gasteiger partial charge in [0.2, 0.25) is 0 Å². The fourth-order valence-electron chi connectivity index (χ4n) is 1.42. The van der Waals surface area contributed by atoms with E-state index in [1.165, 1.54) is 0 Å². The molecule has 0 aromatic carbocycles. The monoisotopic (exact) mass is 266 g/mol. The number of aliphatic hydroxyl groups excluding tert-OH is 1. The second-order valence-corrected chi connectivity index (χ2v) is 10.2. The van der Waals surface area contributed by atoms with Gasteiger partial charge in [0.15, 0.2) is 0 Å². The van der Waals surface area contributed by atoms with Gasteiger partial charge in [-0.2, -0.15) is 0 Å². The zero-order valence-corrected chi connectivity index (χ0v) is 12.5. The summed E-state index contributed by atoms with van der Waals surface area (Å²) < 4.78 is 21.4. The van der Waals surface area contributed by atoms with Crippen LogP contribution in [0.4, 0.5) is 0 Å². The summed E-state index contributed by atoms with van der Waals surface area (Å²) in [6.07, 6.45) is -0.0744. The molecule has 0 bridgehead atoms. The molecule has 5 nitrogen and oxygen atoms in total. The van der Waals surface area contributed by atoms with E-state index in [2.05, 4.69) is 6.58 Å². The minimum absolute atomic E-state index is 0.0744. The summed E-state index contributed by atoms with van der Waals surface area (Å²) in [7, 11) is 1.50. The number of hydrogen-bond donors (Lipinski definition) is 1. The molecule has 7 heteroatoms. The molecular formula is C9H22O5Si2. The number of hydrogen-bond acceptors (Lipinski definition) is 5. The zero-order chi connectivity index (χ0) is 12.7. The normalized spacial score (nSPS) is 12.8. The quantitative estimate of drug-likeness (QED) is 0.623. The highest BCUT2D eigenvalue weighted by molar-refractivity contribution is 6.75. The maximum atomic E-state index is 9.31. The van der Waals surface area contributed by atoms with Gasteiger partial charge in [-0.05, 0) is 17.8 Å². The molecule has 0 atom stereocenters. The molecule has 0 saturated carbocycles. The molecule has 0 unspecified atom stereocenters. The van der Waals surface area contributed by atoms with E-state index in [4.69, 9.17) is 17.7 Å². The van der Waals surface area contributed by atoms with Gasteiger partial charge in [0, 0.05) is 28.4 Å². The molecule has 0 aliphatic carbocycles. The maximum Gasteiger partial charge on any atom is 0.363 e. The molecule has 0 amide bonds. The van der Waals surface area contributed by atoms with Gasteiger partial charge in [-0.15, -0.1) is 6.58 Å². The molecule has 1 N–H and O–H groups in total. The average molecular weight is 266 g/mol. The minimum Gasteiger partial charge on any atom is -0.396 e. The van der Waals surface area contributed by atoms with Crippen molar-refractivity contribution >= 4 is 17.1 Å². The first kappa shape index (κ1) is 16.0. The Labute approximate surface area is 99.5 Å². The molecule has 0 aromatic rings. The van der Waals surface area contributed by atoms with Crippen LogP contribution in [0.1, 0.15) is 0 Å². The van der Waals surface area contributed by atoms with Crippen LogP contribution in [0.2, 0.25) is 12.1 Å². The van der Waals surface area contributed by atoms with Crippen LogP contribution in [0.15, 0.2) is 12.3 Å². The van der Waals surface area contributed by atoms with Gasteiger partial charge in [0.25, 0.3) is 0 Å². The van der Waals surface area contributed by atoms with Gasteiger partial charge in [-0.1, -0.05) is 0 Å². The molecule has 0 spiro atoms. The van der Waals surface area contributed by atoms with Gasteiger partial charge in [-0.3, -0.25) is 0 Å². The molecule has 0 aliphatic rings. The van der Waals surface area contributed by atoms with Crippen molar-refractivity contribution in [1.29, 1.82) is 0 Å². The Morgan fingerprint density at radius 1 is 1.00 bits per heavy atom. The van der Waals surface area contributed by atoms with Crippen molar-refractivity contribution in [3.63, 3.8) is 0 Å². The highest BCUT2D eigenvalue weighted by Crippen LogP contribution is 2.22. The highest BCUT2D eigenvalue weighted by Gasteiger charge is 2.41. The van der Waals surface area contributed by atoms with Crippen molar-refractivity contribution in [2.75, 3.05) is 34.7 Å². The van der Waals surface area contributed by atoms with Crippen LogP contribution >= 0.6 is 0 Å². The van der Waals surface area contributed by atoms with Crippen LogP contribution in [-0.4, -0.2) is 56.9 Å². The number of aliphatic hydroxyl groups is 1. The van der Waals surface area contributed by atoms with E-state index in [9.17, 15) is 5.11 Å². The Morgan fingerprint density at radius 2 is 1.50 bits per heavy atom. The Morgan fingerprint density at radius 3 is 1.75 bits per heavy atom. The number of rotatable bonds is 9. The van der Waals surface area contributed by atoms with E-state index in [1.807, 2.05) is 0 Å². The van der Waals surface area contributed by atoms with Crippen LogP contribution in [0.5, 0.6) is 0 Å². The highest BCUT2D eigenvalue weighted by atomic mass is 28.4. The van der Waals surface area contributed by atoms with Crippen molar-refractivity contribution in [3.05, 3.63) is 12.3 Å². The third kappa shape index (κ3) is 3.77. The third-order valence-electron chi connectivity index (χ3n) is 2.84. The summed E-state index contributed by atoms with van der Waals surface area (Å²) in [4.78, 5) is 0. The fraction of sp³-hybridized carbons (Fsp3) is 0.778. The summed E-state index contributed by atoms with van der Waals surface area (Å²) in [5.74, 6) is 0. The summed E-state index contributed by atoms with van der Waals surface area (Å²) >= 11 is 0. The van der Waals surface area contributed by atoms with Crippen molar-refractivity contribution in [1.82, 2.24) is 0 Å². The molecule has 0 radical (unpaired) electrons. The largest absolute Gasteiger partial charge is 0.396 e. The van der Waals surface area contributed by atoms with E-state index in [-0.39, 0.29) is 6.23 Å². The van der Waals surface area contributed by atoms with Crippen molar-refractivity contribution in [2.24, 2.45) is 0 Å². The summed E-state index contributed by atoms with van der Waals surface area (Å²) in [5.41, 5.74) is 1.73. The second kappa shape index (κ2) is 7.33. The summed E-state index contributed by atoms with van der Waals surface area (Å²) in [6.45, 7) is 3.74. The van der Waals surface area contributed by atoms with Gasteiger partial charge >= 0.3 is 17.1 Å². The average Bonchev–Trinajstić information content (AvgIpc) is 2.37. The first-order chi connectivity index (χ1) is 7.57. The maximum absolute atomic E-state index is 9.31. The first-order valence-corrected chi connectivity index (χ1v) is 9.35. The fourth-order valence-corrected chi connectivity index (χ4v) is 6.44. The van der Waals surface area contributed by atoms with Gasteiger partial charge in [0.1, 0.15) is 0 Å². The molecule has 0 aromatic heterocycles. The lowest BCUT2D eigenvalue weighted by Gasteiger charge is -2.29. The molecular weight excluding hydrogens is 244 g/mol. The molecule has 96 valence electrons. The Bertz CT molecular complexity index is 196. The lowest BCUT2D eigenvalue weighted by atomic mass is 10.9. The molecule has 0 aliphatic heterocycles. The van der Waals surface area contributed by atoms with Crippen molar-refractivity contribution < 1.29 is 22.8 Å². The van der Waals surface area contributed by atoms with Crippen LogP contribution in [0.3, 0.4) is 0 Å². The van der Waals surface area contributed by atoms with E-state index >= 15 is 0 Å². The van der Waals surface area contributed by atoms with Crippen LogP contribution in [0.25, 0.3) is 0 Å². The minimum atomic E-state index is -2.49. The van der Waals surface area contributed by atoms with Crippen LogP contribution < -0.4 is 0 Å². The Balaban J connectivity index is 4.54. The molecule has 16 heavy (non-hydrogen) atoms. The van der Waals surface area contributed by atoms with Crippen LogP contribution in [-0.2, 0) is 17.7 Å². The Hall–Kier alpha value is -0.0262. The van der Waals surface area contributed by atoms with Gasteiger partial charge in [0.05, 0.1) is 6.23 Å². The lowest BCUT2D eigenvalue weighted by molar-refractivity contribution is 0.195. The van der Waals surface area contributed by atoms with Gasteiger partial charge in [-0.25, -0.2) is 0 Å². The molecule has 0 fully saturated rings. The molecule has 0 heterocycles. The van der Waals surface area contributed by atoms with E-state index in [0.717, 1.165) is 0 Å². The third-order valence-corrected chi connectivity index (χ3v) is 9.27. The topological polar surface area (TPSA) is 57.2 Å².